The zero-order valence-electron chi connectivity index (χ0n) is 7.78. The Balaban J connectivity index is 2.22. The maximum absolute atomic E-state index is 11.6. The molecule has 2 aromatic rings. The van der Waals surface area contributed by atoms with Gasteiger partial charge in [-0.25, -0.2) is 9.97 Å². The molecule has 0 unspecified atom stereocenters. The Labute approximate surface area is 100 Å². The first-order valence-electron chi connectivity index (χ1n) is 4.19. The first kappa shape index (κ1) is 10.9. The van der Waals surface area contributed by atoms with Crippen molar-refractivity contribution in [2.24, 2.45) is 0 Å². The molecule has 0 aromatic carbocycles. The number of furan rings is 1. The maximum Gasteiger partial charge on any atom is 0.292 e. The van der Waals surface area contributed by atoms with E-state index in [1.54, 1.807) is 6.07 Å². The van der Waals surface area contributed by atoms with Crippen molar-refractivity contribution in [3.63, 3.8) is 0 Å². The van der Waals surface area contributed by atoms with E-state index in [4.69, 9.17) is 27.6 Å². The first-order valence-corrected chi connectivity index (χ1v) is 4.95. The van der Waals surface area contributed by atoms with Crippen LogP contribution in [-0.4, -0.2) is 15.9 Å². The zero-order valence-corrected chi connectivity index (χ0v) is 9.29. The Morgan fingerprint density at radius 1 is 1.38 bits per heavy atom. The molecule has 0 aliphatic rings. The third-order valence-corrected chi connectivity index (χ3v) is 2.47. The summed E-state index contributed by atoms with van der Waals surface area (Å²) >= 11 is 11.5. The van der Waals surface area contributed by atoms with Gasteiger partial charge in [-0.05, 0) is 12.1 Å². The summed E-state index contributed by atoms with van der Waals surface area (Å²) in [7, 11) is 0. The molecule has 7 heteroatoms. The van der Waals surface area contributed by atoms with Crippen LogP contribution in [0.25, 0.3) is 0 Å². The molecule has 2 rings (SSSR count). The van der Waals surface area contributed by atoms with Gasteiger partial charge in [0.05, 0.1) is 6.26 Å². The summed E-state index contributed by atoms with van der Waals surface area (Å²) in [4.78, 5) is 19.0. The summed E-state index contributed by atoms with van der Waals surface area (Å²) < 4.78 is 4.91. The summed E-state index contributed by atoms with van der Waals surface area (Å²) in [5.74, 6) is -0.157. The highest BCUT2D eigenvalue weighted by Gasteiger charge is 2.13. The number of nitrogens with zero attached hydrogens (tertiary/aromatic N) is 2. The van der Waals surface area contributed by atoms with Gasteiger partial charge in [0, 0.05) is 0 Å². The van der Waals surface area contributed by atoms with E-state index in [0.717, 1.165) is 0 Å². The molecule has 0 spiro atoms. The molecule has 0 aliphatic heterocycles. The highest BCUT2D eigenvalue weighted by atomic mass is 35.5. The largest absolute Gasteiger partial charge is 0.459 e. The Kier molecular flexibility index (Phi) is 3.07. The molecule has 0 saturated heterocycles. The van der Waals surface area contributed by atoms with Crippen molar-refractivity contribution < 1.29 is 9.21 Å². The lowest BCUT2D eigenvalue weighted by atomic mass is 10.4. The summed E-state index contributed by atoms with van der Waals surface area (Å²) in [5.41, 5.74) is 0. The van der Waals surface area contributed by atoms with E-state index in [9.17, 15) is 4.79 Å². The van der Waals surface area contributed by atoms with Crippen LogP contribution in [0.4, 0.5) is 5.82 Å². The van der Waals surface area contributed by atoms with Crippen molar-refractivity contribution in [3.8, 4) is 0 Å². The molecule has 5 nitrogen and oxygen atoms in total. The number of nitrogens with one attached hydrogen (secondary N) is 1. The molecule has 0 bridgehead atoms. The zero-order chi connectivity index (χ0) is 11.5. The lowest BCUT2D eigenvalue weighted by Gasteiger charge is -2.04. The minimum absolute atomic E-state index is 0.0754. The summed E-state index contributed by atoms with van der Waals surface area (Å²) in [6.07, 6.45) is 2.59. The van der Waals surface area contributed by atoms with Gasteiger partial charge >= 0.3 is 0 Å². The first-order chi connectivity index (χ1) is 7.68. The van der Waals surface area contributed by atoms with E-state index >= 15 is 0 Å². The van der Waals surface area contributed by atoms with Gasteiger partial charge in [-0.1, -0.05) is 23.2 Å². The van der Waals surface area contributed by atoms with Gasteiger partial charge < -0.3 is 9.73 Å². The highest BCUT2D eigenvalue weighted by molar-refractivity contribution is 6.43. The minimum atomic E-state index is -0.457. The predicted octanol–water partition coefficient (Wildman–Crippen LogP) is 2.63. The Morgan fingerprint density at radius 3 is 2.88 bits per heavy atom. The van der Waals surface area contributed by atoms with Crippen molar-refractivity contribution in [1.29, 1.82) is 0 Å². The fourth-order valence-corrected chi connectivity index (χ4v) is 1.29. The maximum atomic E-state index is 11.6. The van der Waals surface area contributed by atoms with E-state index in [1.165, 1.54) is 18.7 Å². The smallest absolute Gasteiger partial charge is 0.292 e. The number of anilines is 1. The number of halogens is 2. The van der Waals surface area contributed by atoms with Gasteiger partial charge in [0.25, 0.3) is 5.91 Å². The SMILES string of the molecule is O=C(Nc1ncnc(Cl)c1Cl)c1ccco1. The average molecular weight is 258 g/mol. The van der Waals surface area contributed by atoms with E-state index < -0.39 is 5.91 Å². The second-order valence-corrected chi connectivity index (χ2v) is 3.49. The molecule has 1 amide bonds. The van der Waals surface area contributed by atoms with Crippen molar-refractivity contribution in [3.05, 3.63) is 40.7 Å². The molecule has 0 atom stereocenters. The Morgan fingerprint density at radius 2 is 2.19 bits per heavy atom. The van der Waals surface area contributed by atoms with Crippen molar-refractivity contribution in [2.45, 2.75) is 0 Å². The second-order valence-electron chi connectivity index (χ2n) is 2.76. The number of hydrogen-bond donors (Lipinski definition) is 1. The Hall–Kier alpha value is -1.59. The van der Waals surface area contributed by atoms with Gasteiger partial charge in [-0.15, -0.1) is 0 Å². The molecule has 82 valence electrons. The third kappa shape index (κ3) is 2.15. The van der Waals surface area contributed by atoms with Crippen LogP contribution in [-0.2, 0) is 0 Å². The molecule has 0 saturated carbocycles. The molecular weight excluding hydrogens is 253 g/mol. The third-order valence-electron chi connectivity index (χ3n) is 1.72. The monoisotopic (exact) mass is 257 g/mol. The number of amides is 1. The van der Waals surface area contributed by atoms with E-state index in [1.807, 2.05) is 0 Å². The molecule has 1 N–H and O–H groups in total. The standard InChI is InChI=1S/C9H5Cl2N3O2/c10-6-7(11)12-4-13-8(6)14-9(15)5-2-1-3-16-5/h1-4H,(H,12,13,14,15). The summed E-state index contributed by atoms with van der Waals surface area (Å²) in [6.45, 7) is 0. The van der Waals surface area contributed by atoms with Crippen molar-refractivity contribution in [1.82, 2.24) is 9.97 Å². The van der Waals surface area contributed by atoms with E-state index in [-0.39, 0.29) is 21.8 Å². The molecular formula is C9H5Cl2N3O2. The van der Waals surface area contributed by atoms with E-state index in [0.29, 0.717) is 0 Å². The summed E-state index contributed by atoms with van der Waals surface area (Å²) in [6, 6.07) is 3.12. The number of hydrogen-bond acceptors (Lipinski definition) is 4. The quantitative estimate of drug-likeness (QED) is 0.840. The van der Waals surface area contributed by atoms with Crippen LogP contribution in [0.3, 0.4) is 0 Å². The summed E-state index contributed by atoms with van der Waals surface area (Å²) in [5, 5.41) is 2.62. The number of carbonyl (C=O) groups excluding carboxylic acids is 1. The van der Waals surface area contributed by atoms with Crippen LogP contribution in [0.5, 0.6) is 0 Å². The molecule has 0 radical (unpaired) electrons. The van der Waals surface area contributed by atoms with Gasteiger partial charge in [0.1, 0.15) is 11.3 Å². The number of carbonyl (C=O) groups is 1. The van der Waals surface area contributed by atoms with Crippen LogP contribution in [0.2, 0.25) is 10.2 Å². The van der Waals surface area contributed by atoms with Crippen molar-refractivity contribution in [2.75, 3.05) is 5.32 Å². The van der Waals surface area contributed by atoms with E-state index in [2.05, 4.69) is 15.3 Å². The average Bonchev–Trinajstić information content (AvgIpc) is 2.78. The second kappa shape index (κ2) is 4.51. The highest BCUT2D eigenvalue weighted by Crippen LogP contribution is 2.25. The lowest BCUT2D eigenvalue weighted by Crippen LogP contribution is -2.12. The molecule has 2 heterocycles. The number of rotatable bonds is 2. The lowest BCUT2D eigenvalue weighted by molar-refractivity contribution is 0.0996. The van der Waals surface area contributed by atoms with Gasteiger partial charge in [0.15, 0.2) is 16.7 Å². The molecule has 2 aromatic heterocycles. The normalized spacial score (nSPS) is 10.1. The van der Waals surface area contributed by atoms with Gasteiger partial charge in [-0.3, -0.25) is 4.79 Å². The molecule has 16 heavy (non-hydrogen) atoms. The van der Waals surface area contributed by atoms with Gasteiger partial charge in [0.2, 0.25) is 0 Å². The van der Waals surface area contributed by atoms with Crippen molar-refractivity contribution >= 4 is 34.9 Å². The predicted molar refractivity (Wildman–Crippen MR) is 58.7 cm³/mol. The van der Waals surface area contributed by atoms with Crippen LogP contribution < -0.4 is 5.32 Å². The topological polar surface area (TPSA) is 68.0 Å². The Bertz CT molecular complexity index is 513. The molecule has 0 aliphatic carbocycles. The number of aromatic nitrogens is 2. The van der Waals surface area contributed by atoms with Crippen LogP contribution >= 0.6 is 23.2 Å². The fraction of sp³-hybridized carbons (Fsp3) is 0. The fourth-order valence-electron chi connectivity index (χ4n) is 1.01. The van der Waals surface area contributed by atoms with Crippen LogP contribution in [0.15, 0.2) is 29.1 Å². The van der Waals surface area contributed by atoms with Crippen LogP contribution in [0, 0.1) is 0 Å². The van der Waals surface area contributed by atoms with Gasteiger partial charge in [-0.2, -0.15) is 0 Å². The van der Waals surface area contributed by atoms with Crippen LogP contribution in [0.1, 0.15) is 10.6 Å². The minimum Gasteiger partial charge on any atom is -0.459 e. The molecule has 0 fully saturated rings.